The van der Waals surface area contributed by atoms with Gasteiger partial charge in [-0.2, -0.15) is 5.10 Å². The molecule has 0 unspecified atom stereocenters. The Morgan fingerprint density at radius 2 is 1.73 bits per heavy atom. The summed E-state index contributed by atoms with van der Waals surface area (Å²) in [7, 11) is 0. The number of nitrogens with zero attached hydrogens (tertiary/aromatic N) is 3. The zero-order valence-corrected chi connectivity index (χ0v) is 25.0. The van der Waals surface area contributed by atoms with Gasteiger partial charge in [0.1, 0.15) is 17.9 Å². The summed E-state index contributed by atoms with van der Waals surface area (Å²) in [6.07, 6.45) is 2.95. The molecule has 2 aliphatic heterocycles. The summed E-state index contributed by atoms with van der Waals surface area (Å²) >= 11 is 0. The summed E-state index contributed by atoms with van der Waals surface area (Å²) in [4.78, 5) is 29.0. The molecule has 2 aliphatic rings. The molecule has 0 spiro atoms. The van der Waals surface area contributed by atoms with Crippen molar-refractivity contribution in [2.24, 2.45) is 0 Å². The first-order valence-corrected chi connectivity index (χ1v) is 14.6. The smallest absolute Gasteiger partial charge is 0.258 e. The summed E-state index contributed by atoms with van der Waals surface area (Å²) in [6.45, 7) is 4.96. The van der Waals surface area contributed by atoms with Crippen LogP contribution in [0.3, 0.4) is 0 Å². The van der Waals surface area contributed by atoms with Crippen molar-refractivity contribution >= 4 is 52.7 Å². The number of hydrogen-bond donors (Lipinski definition) is 3. The molecule has 44 heavy (non-hydrogen) atoms. The van der Waals surface area contributed by atoms with Crippen molar-refractivity contribution in [1.29, 1.82) is 0 Å². The Morgan fingerprint density at radius 3 is 2.45 bits per heavy atom. The van der Waals surface area contributed by atoms with Gasteiger partial charge in [0.05, 0.1) is 17.6 Å². The molecule has 6 rings (SSSR count). The second-order valence-electron chi connectivity index (χ2n) is 11.1. The van der Waals surface area contributed by atoms with Gasteiger partial charge in [-0.05, 0) is 72.9 Å². The van der Waals surface area contributed by atoms with Crippen molar-refractivity contribution in [3.05, 3.63) is 82.9 Å². The number of amides is 1. The maximum Gasteiger partial charge on any atom is 0.258 e. The number of rotatable bonds is 9. The molecule has 232 valence electrons. The Hall–Kier alpha value is -4.06. The van der Waals surface area contributed by atoms with E-state index < -0.39 is 11.6 Å². The zero-order chi connectivity index (χ0) is 29.8. The minimum Gasteiger partial charge on any atom is -0.381 e. The number of carbonyl (C=O) groups is 2. The highest BCUT2D eigenvalue weighted by Crippen LogP contribution is 2.29. The summed E-state index contributed by atoms with van der Waals surface area (Å²) in [5, 5.41) is 14.6. The van der Waals surface area contributed by atoms with Crippen molar-refractivity contribution in [2.45, 2.75) is 25.3 Å². The summed E-state index contributed by atoms with van der Waals surface area (Å²) in [5.74, 6) is -1.17. The molecule has 0 radical (unpaired) electrons. The Bertz CT molecular complexity index is 1600. The largest absolute Gasteiger partial charge is 0.381 e. The second kappa shape index (κ2) is 14.1. The van der Waals surface area contributed by atoms with Gasteiger partial charge in [0.2, 0.25) is 0 Å². The molecule has 0 aliphatic carbocycles. The normalized spacial score (nSPS) is 16.0. The fourth-order valence-electron chi connectivity index (χ4n) is 5.79. The zero-order valence-electron chi connectivity index (χ0n) is 24.2. The Labute approximate surface area is 260 Å². The number of ether oxygens (including phenoxy) is 1. The van der Waals surface area contributed by atoms with E-state index in [0.717, 1.165) is 73.8 Å². The minimum atomic E-state index is -0.622. The number of hydrogen-bond acceptors (Lipinski definition) is 7. The van der Waals surface area contributed by atoms with Crippen LogP contribution in [0.1, 0.15) is 34.3 Å². The van der Waals surface area contributed by atoms with Gasteiger partial charge >= 0.3 is 0 Å². The van der Waals surface area contributed by atoms with Gasteiger partial charge in [-0.1, -0.05) is 6.07 Å². The number of nitrogens with one attached hydrogen (secondary N) is 3. The number of aldehydes is 1. The van der Waals surface area contributed by atoms with Crippen molar-refractivity contribution in [2.75, 3.05) is 61.5 Å². The van der Waals surface area contributed by atoms with E-state index in [0.29, 0.717) is 48.5 Å². The topological polar surface area (TPSA) is 103 Å². The number of aromatic amines is 1. The van der Waals surface area contributed by atoms with E-state index in [1.165, 1.54) is 12.1 Å². The first kappa shape index (κ1) is 31.4. The van der Waals surface area contributed by atoms with E-state index in [-0.39, 0.29) is 24.4 Å². The van der Waals surface area contributed by atoms with E-state index >= 15 is 0 Å². The molecule has 0 bridgehead atoms. The van der Waals surface area contributed by atoms with Crippen molar-refractivity contribution in [3.8, 4) is 0 Å². The van der Waals surface area contributed by atoms with E-state index in [1.807, 2.05) is 36.4 Å². The Morgan fingerprint density at radius 1 is 0.977 bits per heavy atom. The van der Waals surface area contributed by atoms with Crippen molar-refractivity contribution < 1.29 is 23.1 Å². The van der Waals surface area contributed by atoms with Gasteiger partial charge in [-0.15, -0.1) is 12.4 Å². The summed E-state index contributed by atoms with van der Waals surface area (Å²) in [6, 6.07) is 15.0. The molecule has 0 atom stereocenters. The second-order valence-corrected chi connectivity index (χ2v) is 11.1. The Balaban J connectivity index is 0.00000384. The minimum absolute atomic E-state index is 0. The number of aromatic nitrogens is 2. The first-order valence-electron chi connectivity index (χ1n) is 14.6. The highest BCUT2D eigenvalue weighted by atomic mass is 35.5. The molecule has 1 aromatic heterocycles. The van der Waals surface area contributed by atoms with Gasteiger partial charge < -0.3 is 25.1 Å². The third kappa shape index (κ3) is 7.35. The SMILES string of the molecule is Cl.O=CCN1CCN(c2ccc(C(=O)Nc3n[nH]c4ccc(Cc5cc(F)cc(F)c5)cc34)c(NC3CCOCC3)c2)CC1. The van der Waals surface area contributed by atoms with E-state index in [9.17, 15) is 18.4 Å². The highest BCUT2D eigenvalue weighted by molar-refractivity contribution is 6.11. The molecule has 2 saturated heterocycles. The van der Waals surface area contributed by atoms with Crippen LogP contribution in [0.5, 0.6) is 0 Å². The molecule has 0 saturated carbocycles. The van der Waals surface area contributed by atoms with Gasteiger partial charge in [-0.25, -0.2) is 8.78 Å². The van der Waals surface area contributed by atoms with Crippen LogP contribution < -0.4 is 15.5 Å². The summed E-state index contributed by atoms with van der Waals surface area (Å²) in [5.41, 5.74) is 4.33. The molecule has 4 aromatic rings. The van der Waals surface area contributed by atoms with Gasteiger partial charge in [0.15, 0.2) is 5.82 Å². The molecular formula is C32H35ClF2N6O3. The fraction of sp³-hybridized carbons (Fsp3) is 0.344. The maximum absolute atomic E-state index is 13.7. The third-order valence-corrected chi connectivity index (χ3v) is 8.09. The lowest BCUT2D eigenvalue weighted by molar-refractivity contribution is -0.108. The van der Waals surface area contributed by atoms with Crippen LogP contribution in [0.4, 0.5) is 26.0 Å². The lowest BCUT2D eigenvalue weighted by Gasteiger charge is -2.35. The molecule has 2 fully saturated rings. The standard InChI is InChI=1S/C32H34F2N6O3.ClH/c33-23-16-22(17-24(34)19-23)15-21-1-4-29-28(18-21)31(38-37-29)36-32(42)27-3-2-26(40-9-7-39(8-10-40)11-12-41)20-30(27)35-25-5-13-43-14-6-25;/h1-4,12,16-20,25,35H,5-11,13-15H2,(H2,36,37,38,42);1H. The van der Waals surface area contributed by atoms with Crippen LogP contribution in [0, 0.1) is 11.6 Å². The van der Waals surface area contributed by atoms with Crippen LogP contribution >= 0.6 is 12.4 Å². The third-order valence-electron chi connectivity index (χ3n) is 8.09. The highest BCUT2D eigenvalue weighted by Gasteiger charge is 2.22. The predicted molar refractivity (Wildman–Crippen MR) is 169 cm³/mol. The number of carbonyl (C=O) groups excluding carboxylic acids is 2. The van der Waals surface area contributed by atoms with E-state index in [4.69, 9.17) is 4.74 Å². The lowest BCUT2D eigenvalue weighted by atomic mass is 10.0. The first-order chi connectivity index (χ1) is 20.9. The van der Waals surface area contributed by atoms with Crippen LogP contribution in [-0.4, -0.2) is 79.3 Å². The molecule has 3 heterocycles. The average molecular weight is 625 g/mol. The molecule has 9 nitrogen and oxygen atoms in total. The quantitative estimate of drug-likeness (QED) is 0.225. The number of piperazine rings is 1. The Kier molecular flexibility index (Phi) is 10.1. The molecule has 3 N–H and O–H groups in total. The van der Waals surface area contributed by atoms with Crippen LogP contribution in [0.25, 0.3) is 10.9 Å². The van der Waals surface area contributed by atoms with Crippen molar-refractivity contribution in [1.82, 2.24) is 15.1 Å². The monoisotopic (exact) mass is 624 g/mol. The number of fused-ring (bicyclic) bond motifs is 1. The van der Waals surface area contributed by atoms with E-state index in [1.54, 1.807) is 0 Å². The molecule has 3 aromatic carbocycles. The number of halogens is 3. The van der Waals surface area contributed by atoms with Gasteiger partial charge in [-0.3, -0.25) is 14.8 Å². The van der Waals surface area contributed by atoms with Crippen molar-refractivity contribution in [3.63, 3.8) is 0 Å². The lowest BCUT2D eigenvalue weighted by Crippen LogP contribution is -2.47. The number of H-pyrrole nitrogens is 1. The molecule has 12 heteroatoms. The molecule has 1 amide bonds. The average Bonchev–Trinajstić information content (AvgIpc) is 3.39. The fourth-order valence-corrected chi connectivity index (χ4v) is 5.79. The van der Waals surface area contributed by atoms with Gasteiger partial charge in [0, 0.05) is 68.3 Å². The number of anilines is 3. The van der Waals surface area contributed by atoms with Crippen LogP contribution in [-0.2, 0) is 16.0 Å². The van der Waals surface area contributed by atoms with Crippen LogP contribution in [0.15, 0.2) is 54.6 Å². The van der Waals surface area contributed by atoms with Gasteiger partial charge in [0.25, 0.3) is 5.91 Å². The van der Waals surface area contributed by atoms with Crippen LogP contribution in [0.2, 0.25) is 0 Å². The predicted octanol–water partition coefficient (Wildman–Crippen LogP) is 5.02. The maximum atomic E-state index is 13.7. The summed E-state index contributed by atoms with van der Waals surface area (Å²) < 4.78 is 33.0. The number of benzene rings is 3. The molecular weight excluding hydrogens is 590 g/mol. The van der Waals surface area contributed by atoms with E-state index in [2.05, 4.69) is 30.6 Å².